The molecule has 0 saturated heterocycles. The molecule has 2 aromatic carbocycles. The van der Waals surface area contributed by atoms with Crippen LogP contribution < -0.4 is 15.4 Å². The largest absolute Gasteiger partial charge is 0.477 e. The van der Waals surface area contributed by atoms with Gasteiger partial charge < -0.3 is 15.4 Å². The van der Waals surface area contributed by atoms with E-state index in [0.717, 1.165) is 11.8 Å². The van der Waals surface area contributed by atoms with E-state index in [4.69, 9.17) is 16.3 Å². The van der Waals surface area contributed by atoms with Crippen LogP contribution in [0.5, 0.6) is 5.75 Å². The molecule has 0 aromatic heterocycles. The van der Waals surface area contributed by atoms with E-state index in [9.17, 15) is 9.18 Å². The minimum absolute atomic E-state index is 0.0758. The van der Waals surface area contributed by atoms with Gasteiger partial charge in [-0.25, -0.2) is 4.39 Å². The van der Waals surface area contributed by atoms with Crippen molar-refractivity contribution in [3.8, 4) is 5.75 Å². The molecule has 1 aliphatic heterocycles. The first-order chi connectivity index (χ1) is 10.1. The van der Waals surface area contributed by atoms with Gasteiger partial charge in [-0.15, -0.1) is 0 Å². The minimum Gasteiger partial charge on any atom is -0.477 e. The van der Waals surface area contributed by atoms with Gasteiger partial charge in [0.1, 0.15) is 11.6 Å². The fourth-order valence-electron chi connectivity index (χ4n) is 2.06. The molecule has 1 heterocycles. The van der Waals surface area contributed by atoms with Crippen LogP contribution in [-0.4, -0.2) is 18.6 Å². The van der Waals surface area contributed by atoms with Crippen molar-refractivity contribution in [1.82, 2.24) is 0 Å². The van der Waals surface area contributed by atoms with Crippen LogP contribution in [0.1, 0.15) is 0 Å². The first kappa shape index (κ1) is 13.7. The normalized spacial score (nSPS) is 16.4. The van der Waals surface area contributed by atoms with Crippen molar-refractivity contribution in [3.63, 3.8) is 0 Å². The quantitative estimate of drug-likeness (QED) is 0.895. The fraction of sp³-hybridized carbons (Fsp3) is 0.133. The smallest absolute Gasteiger partial charge is 0.267 e. The van der Waals surface area contributed by atoms with E-state index in [-0.39, 0.29) is 10.7 Å². The number of carbonyl (C=O) groups is 1. The molecule has 0 radical (unpaired) electrons. The second-order valence-electron chi connectivity index (χ2n) is 4.60. The van der Waals surface area contributed by atoms with Crippen LogP contribution in [0, 0.1) is 5.82 Å². The highest BCUT2D eigenvalue weighted by molar-refractivity contribution is 6.30. The van der Waals surface area contributed by atoms with Crippen molar-refractivity contribution in [1.29, 1.82) is 0 Å². The highest BCUT2D eigenvalue weighted by Gasteiger charge is 2.26. The number of rotatable bonds is 2. The van der Waals surface area contributed by atoms with Gasteiger partial charge in [0.25, 0.3) is 5.91 Å². The Labute approximate surface area is 125 Å². The van der Waals surface area contributed by atoms with E-state index >= 15 is 0 Å². The van der Waals surface area contributed by atoms with Gasteiger partial charge in [0.2, 0.25) is 0 Å². The first-order valence-corrected chi connectivity index (χ1v) is 6.77. The predicted molar refractivity (Wildman–Crippen MR) is 79.4 cm³/mol. The van der Waals surface area contributed by atoms with Crippen molar-refractivity contribution in [3.05, 3.63) is 53.3 Å². The van der Waals surface area contributed by atoms with Crippen molar-refractivity contribution in [2.24, 2.45) is 0 Å². The third-order valence-corrected chi connectivity index (χ3v) is 3.35. The van der Waals surface area contributed by atoms with Crippen LogP contribution in [0.25, 0.3) is 0 Å². The van der Waals surface area contributed by atoms with Gasteiger partial charge in [0.05, 0.1) is 17.9 Å². The van der Waals surface area contributed by atoms with E-state index in [1.807, 2.05) is 18.2 Å². The average molecular weight is 307 g/mol. The average Bonchev–Trinajstić information content (AvgIpc) is 2.49. The van der Waals surface area contributed by atoms with Gasteiger partial charge in [-0.1, -0.05) is 23.7 Å². The summed E-state index contributed by atoms with van der Waals surface area (Å²) < 4.78 is 19.3. The maximum absolute atomic E-state index is 13.7. The molecule has 0 fully saturated rings. The zero-order chi connectivity index (χ0) is 14.8. The topological polar surface area (TPSA) is 50.4 Å². The maximum atomic E-state index is 13.7. The van der Waals surface area contributed by atoms with E-state index in [1.165, 1.54) is 12.1 Å². The van der Waals surface area contributed by atoms with Gasteiger partial charge in [-0.3, -0.25) is 4.79 Å². The maximum Gasteiger partial charge on any atom is 0.267 e. The Bertz CT molecular complexity index is 693. The molecule has 6 heteroatoms. The number of nitrogens with one attached hydrogen (secondary N) is 2. The number of hydrogen-bond acceptors (Lipinski definition) is 3. The molecule has 108 valence electrons. The fourth-order valence-corrected chi connectivity index (χ4v) is 2.22. The summed E-state index contributed by atoms with van der Waals surface area (Å²) in [6, 6.07) is 11.4. The zero-order valence-electron chi connectivity index (χ0n) is 10.9. The van der Waals surface area contributed by atoms with Crippen molar-refractivity contribution >= 4 is 28.9 Å². The molecule has 0 aliphatic carbocycles. The summed E-state index contributed by atoms with van der Waals surface area (Å²) in [5.41, 5.74) is 0.908. The lowest BCUT2D eigenvalue weighted by Crippen LogP contribution is -2.41. The van der Waals surface area contributed by atoms with E-state index in [2.05, 4.69) is 10.6 Å². The molecule has 3 rings (SSSR count). The molecule has 4 nitrogen and oxygen atoms in total. The Balaban J connectivity index is 1.72. The van der Waals surface area contributed by atoms with Gasteiger partial charge in [0.15, 0.2) is 6.10 Å². The lowest BCUT2D eigenvalue weighted by Gasteiger charge is -2.26. The van der Waals surface area contributed by atoms with E-state index in [1.54, 1.807) is 6.07 Å². The Morgan fingerprint density at radius 3 is 2.95 bits per heavy atom. The molecule has 1 atom stereocenters. The summed E-state index contributed by atoms with van der Waals surface area (Å²) in [5.74, 6) is -0.404. The number of carbonyl (C=O) groups excluding carboxylic acids is 1. The minimum atomic E-state index is -0.727. The molecule has 1 aliphatic rings. The van der Waals surface area contributed by atoms with E-state index < -0.39 is 17.8 Å². The lowest BCUT2D eigenvalue weighted by molar-refractivity contribution is -0.122. The van der Waals surface area contributed by atoms with Gasteiger partial charge in [-0.05, 0) is 30.3 Å². The standard InChI is InChI=1S/C15H12ClFN2O2/c16-9-5-6-11(10(17)7-9)19-15(20)14-8-18-12-3-1-2-4-13(12)21-14/h1-7,14,18H,8H2,(H,19,20). The molecular formula is C15H12ClFN2O2. The van der Waals surface area contributed by atoms with Crippen molar-refractivity contribution < 1.29 is 13.9 Å². The summed E-state index contributed by atoms with van der Waals surface area (Å²) in [6.45, 7) is 0.318. The Kier molecular flexibility index (Phi) is 3.66. The number of ether oxygens (including phenoxy) is 1. The monoisotopic (exact) mass is 306 g/mol. The predicted octanol–water partition coefficient (Wildman–Crippen LogP) is 3.29. The molecule has 1 amide bonds. The number of amides is 1. The van der Waals surface area contributed by atoms with Crippen LogP contribution in [0.15, 0.2) is 42.5 Å². The lowest BCUT2D eigenvalue weighted by atomic mass is 10.2. The summed E-state index contributed by atoms with van der Waals surface area (Å²) in [7, 11) is 0. The van der Waals surface area contributed by atoms with Crippen LogP contribution in [-0.2, 0) is 4.79 Å². The van der Waals surface area contributed by atoms with Gasteiger partial charge in [-0.2, -0.15) is 0 Å². The summed E-state index contributed by atoms with van der Waals surface area (Å²) in [4.78, 5) is 12.1. The molecular weight excluding hydrogens is 295 g/mol. The van der Waals surface area contributed by atoms with Crippen molar-refractivity contribution in [2.75, 3.05) is 17.2 Å². The van der Waals surface area contributed by atoms with E-state index in [0.29, 0.717) is 12.3 Å². The summed E-state index contributed by atoms with van der Waals surface area (Å²) >= 11 is 5.67. The number of fused-ring (bicyclic) bond motifs is 1. The Hall–Kier alpha value is -2.27. The Morgan fingerprint density at radius 1 is 1.33 bits per heavy atom. The number of halogens is 2. The summed E-state index contributed by atoms with van der Waals surface area (Å²) in [5, 5.41) is 5.88. The summed E-state index contributed by atoms with van der Waals surface area (Å²) in [6.07, 6.45) is -0.727. The molecule has 0 bridgehead atoms. The molecule has 2 N–H and O–H groups in total. The zero-order valence-corrected chi connectivity index (χ0v) is 11.7. The van der Waals surface area contributed by atoms with Crippen LogP contribution >= 0.6 is 11.6 Å². The SMILES string of the molecule is O=C(Nc1ccc(Cl)cc1F)C1CNc2ccccc2O1. The van der Waals surface area contributed by atoms with Gasteiger partial charge >= 0.3 is 0 Å². The van der Waals surface area contributed by atoms with Crippen LogP contribution in [0.3, 0.4) is 0 Å². The second-order valence-corrected chi connectivity index (χ2v) is 5.03. The number of para-hydroxylation sites is 2. The van der Waals surface area contributed by atoms with Crippen molar-refractivity contribution in [2.45, 2.75) is 6.10 Å². The molecule has 2 aromatic rings. The number of benzene rings is 2. The highest BCUT2D eigenvalue weighted by atomic mass is 35.5. The second kappa shape index (κ2) is 5.61. The first-order valence-electron chi connectivity index (χ1n) is 6.39. The third-order valence-electron chi connectivity index (χ3n) is 3.12. The number of hydrogen-bond donors (Lipinski definition) is 2. The van der Waals surface area contributed by atoms with Crippen LogP contribution in [0.4, 0.5) is 15.8 Å². The molecule has 21 heavy (non-hydrogen) atoms. The van der Waals surface area contributed by atoms with Gasteiger partial charge in [0, 0.05) is 5.02 Å². The molecule has 0 saturated carbocycles. The third kappa shape index (κ3) is 2.92. The molecule has 0 spiro atoms. The highest BCUT2D eigenvalue weighted by Crippen LogP contribution is 2.28. The number of anilines is 2. The molecule has 1 unspecified atom stereocenters. The van der Waals surface area contributed by atoms with Crippen LogP contribution in [0.2, 0.25) is 5.02 Å². The Morgan fingerprint density at radius 2 is 2.14 bits per heavy atom.